The normalized spacial score (nSPS) is 12.5. The largest absolute Gasteiger partial charge is 0.488 e. The first-order chi connectivity index (χ1) is 11.8. The van der Waals surface area contributed by atoms with Gasteiger partial charge in [-0.3, -0.25) is 0 Å². The predicted octanol–water partition coefficient (Wildman–Crippen LogP) is 4.09. The third kappa shape index (κ3) is 1.91. The molecule has 5 rings (SSSR count). The van der Waals surface area contributed by atoms with Crippen LogP contribution >= 0.6 is 0 Å². The lowest BCUT2D eigenvalue weighted by Crippen LogP contribution is -2.11. The monoisotopic (exact) mass is 317 g/mol. The minimum Gasteiger partial charge on any atom is -0.488 e. The van der Waals surface area contributed by atoms with Gasteiger partial charge in [0.2, 0.25) is 0 Å². The number of rotatable bonds is 1. The minimum absolute atomic E-state index is 0.300. The maximum Gasteiger partial charge on any atom is 0.156 e. The molecule has 0 fully saturated rings. The van der Waals surface area contributed by atoms with Crippen LogP contribution < -0.4 is 4.74 Å². The average Bonchev–Trinajstić information content (AvgIpc) is 3.06. The summed E-state index contributed by atoms with van der Waals surface area (Å²) in [5.74, 6) is 0.360. The van der Waals surface area contributed by atoms with Gasteiger partial charge >= 0.3 is 0 Å². The first-order valence-corrected chi connectivity index (χ1v) is 7.65. The van der Waals surface area contributed by atoms with E-state index in [1.165, 1.54) is 12.1 Å². The molecule has 0 bridgehead atoms. The molecular weight excluding hydrogens is 305 g/mol. The van der Waals surface area contributed by atoms with Crippen LogP contribution in [-0.4, -0.2) is 14.6 Å². The molecular formula is C19H12FN3O. The number of ether oxygens (including phenoxy) is 1. The van der Waals surface area contributed by atoms with Gasteiger partial charge in [-0.15, -0.1) is 0 Å². The SMILES string of the molecule is Fc1ccc2c(c1)-c1c(cnc3cc(-c4ccccc4)nn13)CO2. The maximum atomic E-state index is 13.8. The molecule has 0 saturated heterocycles. The van der Waals surface area contributed by atoms with Crippen molar-refractivity contribution in [3.63, 3.8) is 0 Å². The molecule has 0 atom stereocenters. The van der Waals surface area contributed by atoms with Crippen molar-refractivity contribution in [2.24, 2.45) is 0 Å². The molecule has 3 heterocycles. The third-order valence-corrected chi connectivity index (χ3v) is 4.21. The van der Waals surface area contributed by atoms with Gasteiger partial charge in [-0.25, -0.2) is 13.9 Å². The molecule has 4 nitrogen and oxygen atoms in total. The molecule has 1 aliphatic heterocycles. The fourth-order valence-electron chi connectivity index (χ4n) is 3.08. The van der Waals surface area contributed by atoms with Crippen LogP contribution in [0.5, 0.6) is 5.75 Å². The van der Waals surface area contributed by atoms with Gasteiger partial charge in [0.15, 0.2) is 5.65 Å². The molecule has 116 valence electrons. The lowest BCUT2D eigenvalue weighted by atomic mass is 10.0. The number of fused-ring (bicyclic) bond motifs is 5. The van der Waals surface area contributed by atoms with E-state index in [9.17, 15) is 4.39 Å². The second-order valence-electron chi connectivity index (χ2n) is 5.73. The molecule has 4 aromatic rings. The molecule has 2 aromatic heterocycles. The summed E-state index contributed by atoms with van der Waals surface area (Å²) in [6.07, 6.45) is 1.77. The van der Waals surface area contributed by atoms with Gasteiger partial charge < -0.3 is 4.74 Å². The fourth-order valence-corrected chi connectivity index (χ4v) is 3.08. The predicted molar refractivity (Wildman–Crippen MR) is 88.1 cm³/mol. The van der Waals surface area contributed by atoms with Crippen LogP contribution in [0.3, 0.4) is 0 Å². The van der Waals surface area contributed by atoms with Gasteiger partial charge in [0.25, 0.3) is 0 Å². The number of hydrogen-bond donors (Lipinski definition) is 0. The highest BCUT2D eigenvalue weighted by Gasteiger charge is 2.22. The van der Waals surface area contributed by atoms with Crippen molar-refractivity contribution in [2.45, 2.75) is 6.61 Å². The summed E-state index contributed by atoms with van der Waals surface area (Å²) in [7, 11) is 0. The standard InChI is InChI=1S/C19H12FN3O/c20-14-6-7-17-15(8-14)19-13(11-24-17)10-21-18-9-16(22-23(18)19)12-4-2-1-3-5-12/h1-10H,11H2. The molecule has 2 aromatic carbocycles. The van der Waals surface area contributed by atoms with Crippen LogP contribution in [0.4, 0.5) is 4.39 Å². The lowest BCUT2D eigenvalue weighted by molar-refractivity contribution is 0.300. The van der Waals surface area contributed by atoms with Crippen LogP contribution in [-0.2, 0) is 6.61 Å². The smallest absolute Gasteiger partial charge is 0.156 e. The summed E-state index contributed by atoms with van der Waals surface area (Å²) in [4.78, 5) is 4.46. The molecule has 0 radical (unpaired) electrons. The second kappa shape index (κ2) is 4.89. The fraction of sp³-hybridized carbons (Fsp3) is 0.0526. The highest BCUT2D eigenvalue weighted by Crippen LogP contribution is 2.38. The summed E-state index contributed by atoms with van der Waals surface area (Å²) in [6.45, 7) is 0.400. The second-order valence-corrected chi connectivity index (χ2v) is 5.73. The summed E-state index contributed by atoms with van der Waals surface area (Å²) in [5.41, 5.74) is 5.01. The topological polar surface area (TPSA) is 39.4 Å². The van der Waals surface area contributed by atoms with E-state index in [-0.39, 0.29) is 5.82 Å². The van der Waals surface area contributed by atoms with E-state index >= 15 is 0 Å². The highest BCUT2D eigenvalue weighted by atomic mass is 19.1. The Bertz CT molecular complexity index is 1070. The van der Waals surface area contributed by atoms with Crippen molar-refractivity contribution < 1.29 is 9.13 Å². The Morgan fingerprint density at radius 2 is 1.92 bits per heavy atom. The molecule has 24 heavy (non-hydrogen) atoms. The Morgan fingerprint density at radius 3 is 2.79 bits per heavy atom. The van der Waals surface area contributed by atoms with Gasteiger partial charge in [0, 0.05) is 29.0 Å². The van der Waals surface area contributed by atoms with E-state index in [1.54, 1.807) is 16.8 Å². The summed E-state index contributed by atoms with van der Waals surface area (Å²) in [6, 6.07) is 16.4. The molecule has 0 amide bonds. The van der Waals surface area contributed by atoms with Gasteiger partial charge in [-0.2, -0.15) is 5.10 Å². The van der Waals surface area contributed by atoms with E-state index < -0.39 is 0 Å². The molecule has 0 aliphatic carbocycles. The third-order valence-electron chi connectivity index (χ3n) is 4.21. The molecule has 0 unspecified atom stereocenters. The van der Waals surface area contributed by atoms with Crippen LogP contribution in [0.25, 0.3) is 28.2 Å². The summed E-state index contributed by atoms with van der Waals surface area (Å²) >= 11 is 0. The van der Waals surface area contributed by atoms with Crippen molar-refractivity contribution in [1.29, 1.82) is 0 Å². The van der Waals surface area contributed by atoms with Crippen molar-refractivity contribution in [2.75, 3.05) is 0 Å². The van der Waals surface area contributed by atoms with E-state index in [0.717, 1.165) is 28.2 Å². The van der Waals surface area contributed by atoms with Crippen LogP contribution in [0, 0.1) is 5.82 Å². The summed E-state index contributed by atoms with van der Waals surface area (Å²) in [5, 5.41) is 4.70. The number of nitrogens with zero attached hydrogens (tertiary/aromatic N) is 3. The van der Waals surface area contributed by atoms with Crippen molar-refractivity contribution >= 4 is 5.65 Å². The number of halogens is 1. The Balaban J connectivity index is 1.80. The van der Waals surface area contributed by atoms with E-state index in [2.05, 4.69) is 4.98 Å². The van der Waals surface area contributed by atoms with Crippen molar-refractivity contribution in [3.8, 4) is 28.3 Å². The Hall–Kier alpha value is -3.21. The van der Waals surface area contributed by atoms with E-state index in [4.69, 9.17) is 9.84 Å². The molecule has 0 N–H and O–H groups in total. The zero-order valence-electron chi connectivity index (χ0n) is 12.6. The minimum atomic E-state index is -0.300. The Kier molecular flexibility index (Phi) is 2.70. The summed E-state index contributed by atoms with van der Waals surface area (Å²) < 4.78 is 21.2. The zero-order valence-corrected chi connectivity index (χ0v) is 12.6. The van der Waals surface area contributed by atoms with Crippen LogP contribution in [0.15, 0.2) is 60.8 Å². The molecule has 1 aliphatic rings. The van der Waals surface area contributed by atoms with Crippen molar-refractivity contribution in [1.82, 2.24) is 14.6 Å². The van der Waals surface area contributed by atoms with Crippen LogP contribution in [0.2, 0.25) is 0 Å². The number of aromatic nitrogens is 3. The molecule has 0 saturated carbocycles. The van der Waals surface area contributed by atoms with Gasteiger partial charge in [-0.05, 0) is 18.2 Å². The van der Waals surface area contributed by atoms with E-state index in [0.29, 0.717) is 17.9 Å². The number of benzene rings is 2. The van der Waals surface area contributed by atoms with Crippen LogP contribution in [0.1, 0.15) is 5.56 Å². The van der Waals surface area contributed by atoms with Gasteiger partial charge in [-0.1, -0.05) is 30.3 Å². The quantitative estimate of drug-likeness (QED) is 0.531. The zero-order chi connectivity index (χ0) is 16.1. The first-order valence-electron chi connectivity index (χ1n) is 7.65. The Morgan fingerprint density at radius 1 is 1.04 bits per heavy atom. The average molecular weight is 317 g/mol. The first kappa shape index (κ1) is 13.2. The number of hydrogen-bond acceptors (Lipinski definition) is 3. The van der Waals surface area contributed by atoms with Crippen molar-refractivity contribution in [3.05, 3.63) is 72.2 Å². The van der Waals surface area contributed by atoms with Gasteiger partial charge in [0.1, 0.15) is 18.2 Å². The highest BCUT2D eigenvalue weighted by molar-refractivity contribution is 5.75. The lowest BCUT2D eigenvalue weighted by Gasteiger charge is -2.20. The van der Waals surface area contributed by atoms with E-state index in [1.807, 2.05) is 36.4 Å². The van der Waals surface area contributed by atoms with Gasteiger partial charge in [0.05, 0.1) is 11.4 Å². The maximum absolute atomic E-state index is 13.8. The Labute approximate surface area is 137 Å². The molecule has 0 spiro atoms. The molecule has 5 heteroatoms.